The Morgan fingerprint density at radius 2 is 2.19 bits per heavy atom. The molecule has 0 saturated heterocycles. The minimum Gasteiger partial charge on any atom is -0.386 e. The van der Waals surface area contributed by atoms with Gasteiger partial charge in [-0.1, -0.05) is 0 Å². The van der Waals surface area contributed by atoms with E-state index >= 15 is 0 Å². The minimum atomic E-state index is -0.900. The first-order valence-electron chi connectivity index (χ1n) is 4.67. The van der Waals surface area contributed by atoms with Crippen molar-refractivity contribution in [2.75, 3.05) is 0 Å². The van der Waals surface area contributed by atoms with Gasteiger partial charge in [0.2, 0.25) is 0 Å². The first kappa shape index (κ1) is 11.2. The highest BCUT2D eigenvalue weighted by Crippen LogP contribution is 2.20. The van der Waals surface area contributed by atoms with E-state index in [0.717, 1.165) is 18.2 Å². The summed E-state index contributed by atoms with van der Waals surface area (Å²) in [6, 6.07) is 3.19. The summed E-state index contributed by atoms with van der Waals surface area (Å²) in [4.78, 5) is 3.92. The summed E-state index contributed by atoms with van der Waals surface area (Å²) in [5.74, 6) is -1.03. The molecule has 1 N–H and O–H groups in total. The number of aromatic nitrogens is 1. The van der Waals surface area contributed by atoms with Crippen LogP contribution in [-0.4, -0.2) is 10.1 Å². The number of halogens is 2. The molecule has 84 valence electrons. The molecule has 2 aromatic rings. The molecule has 0 bridgehead atoms. The highest BCUT2D eigenvalue weighted by Gasteiger charge is 2.13. The number of hydrogen-bond donors (Lipinski definition) is 1. The zero-order valence-corrected chi connectivity index (χ0v) is 9.05. The second-order valence-corrected chi connectivity index (χ2v) is 4.09. The Kier molecular flexibility index (Phi) is 3.26. The molecule has 2 rings (SSSR count). The molecule has 0 aliphatic carbocycles. The first-order chi connectivity index (χ1) is 7.66. The third kappa shape index (κ3) is 2.43. The SMILES string of the molecule is OC(Cc1cc(F)ccc1F)c1cscn1. The Hall–Kier alpha value is -1.33. The van der Waals surface area contributed by atoms with Crippen LogP contribution in [0.1, 0.15) is 17.4 Å². The van der Waals surface area contributed by atoms with Gasteiger partial charge in [0.15, 0.2) is 0 Å². The zero-order valence-electron chi connectivity index (χ0n) is 8.23. The maximum atomic E-state index is 13.3. The van der Waals surface area contributed by atoms with E-state index in [1.54, 1.807) is 10.9 Å². The lowest BCUT2D eigenvalue weighted by molar-refractivity contribution is 0.173. The van der Waals surface area contributed by atoms with Crippen molar-refractivity contribution in [3.8, 4) is 0 Å². The normalized spacial score (nSPS) is 12.7. The van der Waals surface area contributed by atoms with E-state index in [2.05, 4.69) is 4.98 Å². The lowest BCUT2D eigenvalue weighted by Gasteiger charge is -2.08. The number of nitrogens with zero attached hydrogens (tertiary/aromatic N) is 1. The predicted octanol–water partition coefficient (Wildman–Crippen LogP) is 2.70. The molecule has 1 aromatic carbocycles. The number of thiazole rings is 1. The number of benzene rings is 1. The van der Waals surface area contributed by atoms with Crippen molar-refractivity contribution in [3.63, 3.8) is 0 Å². The lowest BCUT2D eigenvalue weighted by atomic mass is 10.1. The van der Waals surface area contributed by atoms with Crippen LogP contribution in [0.2, 0.25) is 0 Å². The summed E-state index contributed by atoms with van der Waals surface area (Å²) in [5, 5.41) is 11.4. The largest absolute Gasteiger partial charge is 0.386 e. The second kappa shape index (κ2) is 4.67. The summed E-state index contributed by atoms with van der Waals surface area (Å²) >= 11 is 1.35. The van der Waals surface area contributed by atoms with Crippen molar-refractivity contribution in [1.29, 1.82) is 0 Å². The highest BCUT2D eigenvalue weighted by molar-refractivity contribution is 7.07. The van der Waals surface area contributed by atoms with Crippen molar-refractivity contribution in [2.45, 2.75) is 12.5 Å². The van der Waals surface area contributed by atoms with Gasteiger partial charge in [0.25, 0.3) is 0 Å². The second-order valence-electron chi connectivity index (χ2n) is 3.37. The molecule has 0 amide bonds. The highest BCUT2D eigenvalue weighted by atomic mass is 32.1. The van der Waals surface area contributed by atoms with E-state index in [0.29, 0.717) is 5.69 Å². The average Bonchev–Trinajstić information content (AvgIpc) is 2.76. The monoisotopic (exact) mass is 241 g/mol. The van der Waals surface area contributed by atoms with Gasteiger partial charge < -0.3 is 5.11 Å². The zero-order chi connectivity index (χ0) is 11.5. The molecular weight excluding hydrogens is 232 g/mol. The van der Waals surface area contributed by atoms with Crippen LogP contribution in [0.3, 0.4) is 0 Å². The molecule has 16 heavy (non-hydrogen) atoms. The molecule has 0 saturated carbocycles. The number of aliphatic hydroxyl groups excluding tert-OH is 1. The predicted molar refractivity (Wildman–Crippen MR) is 57.1 cm³/mol. The lowest BCUT2D eigenvalue weighted by Crippen LogP contribution is -2.04. The van der Waals surface area contributed by atoms with Gasteiger partial charge in [0, 0.05) is 11.8 Å². The quantitative estimate of drug-likeness (QED) is 0.896. The van der Waals surface area contributed by atoms with Gasteiger partial charge in [-0.2, -0.15) is 0 Å². The minimum absolute atomic E-state index is 0.0212. The molecule has 0 aliphatic rings. The number of aliphatic hydroxyl groups is 1. The van der Waals surface area contributed by atoms with E-state index in [1.807, 2.05) is 0 Å². The van der Waals surface area contributed by atoms with Crippen LogP contribution in [0.15, 0.2) is 29.1 Å². The summed E-state index contributed by atoms with van der Waals surface area (Å²) in [6.45, 7) is 0. The van der Waals surface area contributed by atoms with Crippen molar-refractivity contribution < 1.29 is 13.9 Å². The fourth-order valence-corrected chi connectivity index (χ4v) is 2.00. The van der Waals surface area contributed by atoms with E-state index in [-0.39, 0.29) is 12.0 Å². The Balaban J connectivity index is 2.17. The van der Waals surface area contributed by atoms with E-state index in [1.165, 1.54) is 11.3 Å². The summed E-state index contributed by atoms with van der Waals surface area (Å²) in [7, 11) is 0. The van der Waals surface area contributed by atoms with Gasteiger partial charge >= 0.3 is 0 Å². The summed E-state index contributed by atoms with van der Waals surface area (Å²) < 4.78 is 26.2. The molecule has 1 unspecified atom stereocenters. The smallest absolute Gasteiger partial charge is 0.126 e. The summed E-state index contributed by atoms with van der Waals surface area (Å²) in [5.41, 5.74) is 2.22. The van der Waals surface area contributed by atoms with Crippen LogP contribution in [-0.2, 0) is 6.42 Å². The molecule has 1 heterocycles. The van der Waals surface area contributed by atoms with Crippen LogP contribution in [0.25, 0.3) is 0 Å². The molecule has 5 heteroatoms. The Bertz CT molecular complexity index is 473. The van der Waals surface area contributed by atoms with Crippen molar-refractivity contribution in [3.05, 3.63) is 52.0 Å². The molecule has 0 fully saturated rings. The third-order valence-electron chi connectivity index (χ3n) is 2.21. The van der Waals surface area contributed by atoms with E-state index < -0.39 is 17.7 Å². The van der Waals surface area contributed by atoms with Crippen molar-refractivity contribution in [1.82, 2.24) is 4.98 Å². The average molecular weight is 241 g/mol. The van der Waals surface area contributed by atoms with Gasteiger partial charge in [-0.3, -0.25) is 0 Å². The first-order valence-corrected chi connectivity index (χ1v) is 5.61. The van der Waals surface area contributed by atoms with Crippen LogP contribution in [0, 0.1) is 11.6 Å². The molecule has 0 spiro atoms. The Morgan fingerprint density at radius 3 is 2.88 bits per heavy atom. The van der Waals surface area contributed by atoms with Crippen LogP contribution < -0.4 is 0 Å². The van der Waals surface area contributed by atoms with Crippen LogP contribution >= 0.6 is 11.3 Å². The molecule has 2 nitrogen and oxygen atoms in total. The van der Waals surface area contributed by atoms with Gasteiger partial charge in [0.05, 0.1) is 11.2 Å². The van der Waals surface area contributed by atoms with Gasteiger partial charge in [0.1, 0.15) is 17.7 Å². The van der Waals surface area contributed by atoms with Crippen molar-refractivity contribution >= 4 is 11.3 Å². The van der Waals surface area contributed by atoms with Crippen LogP contribution in [0.5, 0.6) is 0 Å². The maximum Gasteiger partial charge on any atom is 0.126 e. The van der Waals surface area contributed by atoms with Gasteiger partial charge in [-0.05, 0) is 23.8 Å². The van der Waals surface area contributed by atoms with E-state index in [9.17, 15) is 13.9 Å². The number of hydrogen-bond acceptors (Lipinski definition) is 3. The van der Waals surface area contributed by atoms with Gasteiger partial charge in [-0.25, -0.2) is 13.8 Å². The molecule has 0 radical (unpaired) electrons. The standard InChI is InChI=1S/C11H9F2NOS/c12-8-1-2-9(13)7(3-8)4-11(15)10-5-16-6-14-10/h1-3,5-6,11,15H,4H2. The Morgan fingerprint density at radius 1 is 1.38 bits per heavy atom. The molecule has 1 aromatic heterocycles. The fourth-order valence-electron chi connectivity index (χ4n) is 1.40. The van der Waals surface area contributed by atoms with Gasteiger partial charge in [-0.15, -0.1) is 11.3 Å². The Labute approximate surface area is 95.2 Å². The molecule has 1 atom stereocenters. The van der Waals surface area contributed by atoms with E-state index in [4.69, 9.17) is 0 Å². The summed E-state index contributed by atoms with van der Waals surface area (Å²) in [6.07, 6.45) is -0.879. The molecule has 0 aliphatic heterocycles. The number of rotatable bonds is 3. The van der Waals surface area contributed by atoms with Crippen LogP contribution in [0.4, 0.5) is 8.78 Å². The van der Waals surface area contributed by atoms with Crippen molar-refractivity contribution in [2.24, 2.45) is 0 Å². The topological polar surface area (TPSA) is 33.1 Å². The maximum absolute atomic E-state index is 13.3. The third-order valence-corrected chi connectivity index (χ3v) is 2.82. The fraction of sp³-hybridized carbons (Fsp3) is 0.182. The molecular formula is C11H9F2NOS.